The van der Waals surface area contributed by atoms with Crippen molar-refractivity contribution >= 4 is 5.97 Å². The molecule has 58 valence electrons. The highest BCUT2D eigenvalue weighted by Crippen LogP contribution is 2.04. The zero-order valence-electron chi connectivity index (χ0n) is 6.11. The van der Waals surface area contributed by atoms with E-state index in [1.54, 1.807) is 24.3 Å². The average molecular weight is 152 g/mol. The lowest BCUT2D eigenvalue weighted by molar-refractivity contribution is -0.140. The van der Waals surface area contributed by atoms with Gasteiger partial charge in [-0.3, -0.25) is 4.79 Å². The van der Waals surface area contributed by atoms with Gasteiger partial charge in [-0.2, -0.15) is 0 Å². The van der Waals surface area contributed by atoms with Crippen LogP contribution in [0, 0.1) is 0 Å². The Morgan fingerprint density at radius 3 is 3.00 bits per heavy atom. The molecular formula is C8H8O3. The SMILES string of the molecule is CC(=O)OC1=CC=CC=CO1. The van der Waals surface area contributed by atoms with Crippen LogP contribution in [0.3, 0.4) is 0 Å². The van der Waals surface area contributed by atoms with Crippen LogP contribution in [0.5, 0.6) is 0 Å². The second-order valence-corrected chi connectivity index (χ2v) is 1.91. The first-order valence-corrected chi connectivity index (χ1v) is 3.17. The maximum atomic E-state index is 10.4. The largest absolute Gasteiger partial charge is 0.434 e. The molecule has 0 saturated heterocycles. The van der Waals surface area contributed by atoms with Crippen LogP contribution in [-0.2, 0) is 14.3 Å². The number of allylic oxidation sites excluding steroid dienone is 4. The Kier molecular flexibility index (Phi) is 2.49. The highest BCUT2D eigenvalue weighted by Gasteiger charge is 2.00. The van der Waals surface area contributed by atoms with Crippen LogP contribution in [0.25, 0.3) is 0 Å². The summed E-state index contributed by atoms with van der Waals surface area (Å²) in [7, 11) is 0. The number of esters is 1. The van der Waals surface area contributed by atoms with Gasteiger partial charge in [0.15, 0.2) is 0 Å². The van der Waals surface area contributed by atoms with E-state index in [0.717, 1.165) is 0 Å². The summed E-state index contributed by atoms with van der Waals surface area (Å²) in [5.41, 5.74) is 0. The summed E-state index contributed by atoms with van der Waals surface area (Å²) in [6.45, 7) is 1.32. The van der Waals surface area contributed by atoms with Gasteiger partial charge < -0.3 is 9.47 Å². The van der Waals surface area contributed by atoms with E-state index in [1.165, 1.54) is 13.2 Å². The van der Waals surface area contributed by atoms with Gasteiger partial charge >= 0.3 is 5.97 Å². The Hall–Kier alpha value is -1.51. The standard InChI is InChI=1S/C8H8O3/c1-7(9)11-8-5-3-2-4-6-10-8/h2-6H,1H3. The molecule has 11 heavy (non-hydrogen) atoms. The van der Waals surface area contributed by atoms with Crippen LogP contribution < -0.4 is 0 Å². The van der Waals surface area contributed by atoms with Gasteiger partial charge in [0.2, 0.25) is 0 Å². The average Bonchev–Trinajstić information content (AvgIpc) is 2.14. The van der Waals surface area contributed by atoms with E-state index >= 15 is 0 Å². The first-order chi connectivity index (χ1) is 5.29. The highest BCUT2D eigenvalue weighted by molar-refractivity contribution is 5.67. The zero-order valence-corrected chi connectivity index (χ0v) is 6.11. The molecule has 0 fully saturated rings. The van der Waals surface area contributed by atoms with Crippen LogP contribution in [0.2, 0.25) is 0 Å². The second kappa shape index (κ2) is 3.61. The predicted octanol–water partition coefficient (Wildman–Crippen LogP) is 1.49. The van der Waals surface area contributed by atoms with Gasteiger partial charge in [-0.15, -0.1) is 0 Å². The molecule has 0 unspecified atom stereocenters. The van der Waals surface area contributed by atoms with Crippen LogP contribution >= 0.6 is 0 Å². The molecule has 0 spiro atoms. The van der Waals surface area contributed by atoms with Gasteiger partial charge in [-0.1, -0.05) is 12.2 Å². The van der Waals surface area contributed by atoms with Crippen molar-refractivity contribution in [3.8, 4) is 0 Å². The Morgan fingerprint density at radius 2 is 2.27 bits per heavy atom. The van der Waals surface area contributed by atoms with E-state index in [9.17, 15) is 4.79 Å². The monoisotopic (exact) mass is 152 g/mol. The smallest absolute Gasteiger partial charge is 0.310 e. The summed E-state index contributed by atoms with van der Waals surface area (Å²) in [6, 6.07) is 0. The Balaban J connectivity index is 2.57. The van der Waals surface area contributed by atoms with Crippen molar-refractivity contribution in [2.24, 2.45) is 0 Å². The second-order valence-electron chi connectivity index (χ2n) is 1.91. The fourth-order valence-corrected chi connectivity index (χ4v) is 0.589. The molecule has 3 nitrogen and oxygen atoms in total. The molecule has 0 aromatic carbocycles. The summed E-state index contributed by atoms with van der Waals surface area (Å²) in [4.78, 5) is 10.4. The molecular weight excluding hydrogens is 144 g/mol. The first kappa shape index (κ1) is 7.60. The number of carbonyl (C=O) groups excluding carboxylic acids is 1. The van der Waals surface area contributed by atoms with Crippen molar-refractivity contribution in [2.45, 2.75) is 6.92 Å². The van der Waals surface area contributed by atoms with Crippen LogP contribution in [0.4, 0.5) is 0 Å². The fourth-order valence-electron chi connectivity index (χ4n) is 0.589. The molecule has 0 radical (unpaired) electrons. The zero-order chi connectivity index (χ0) is 8.10. The summed E-state index contributed by atoms with van der Waals surface area (Å²) >= 11 is 0. The van der Waals surface area contributed by atoms with Crippen molar-refractivity contribution < 1.29 is 14.3 Å². The third kappa shape index (κ3) is 2.71. The quantitative estimate of drug-likeness (QED) is 0.534. The predicted molar refractivity (Wildman–Crippen MR) is 39.2 cm³/mol. The molecule has 0 N–H and O–H groups in total. The number of ether oxygens (including phenoxy) is 2. The maximum absolute atomic E-state index is 10.4. The molecule has 1 heterocycles. The first-order valence-electron chi connectivity index (χ1n) is 3.17. The molecule has 0 aromatic heterocycles. The minimum atomic E-state index is -0.389. The molecule has 0 bridgehead atoms. The van der Waals surface area contributed by atoms with Gasteiger partial charge in [-0.05, 0) is 6.08 Å². The normalized spacial score (nSPS) is 14.8. The van der Waals surface area contributed by atoms with Crippen molar-refractivity contribution in [2.75, 3.05) is 0 Å². The lowest BCUT2D eigenvalue weighted by atomic mass is 10.5. The van der Waals surface area contributed by atoms with Gasteiger partial charge in [0, 0.05) is 13.0 Å². The van der Waals surface area contributed by atoms with Crippen LogP contribution in [0.15, 0.2) is 36.5 Å². The Bertz CT molecular complexity index is 236. The molecule has 0 amide bonds. The Morgan fingerprint density at radius 1 is 1.45 bits per heavy atom. The minimum Gasteiger partial charge on any atom is -0.434 e. The maximum Gasteiger partial charge on any atom is 0.310 e. The molecule has 0 aromatic rings. The molecule has 1 aliphatic rings. The van der Waals surface area contributed by atoms with Gasteiger partial charge in [0.25, 0.3) is 5.95 Å². The summed E-state index contributed by atoms with van der Waals surface area (Å²) in [6.07, 6.45) is 8.21. The van der Waals surface area contributed by atoms with Gasteiger partial charge in [0.1, 0.15) is 0 Å². The highest BCUT2D eigenvalue weighted by atomic mass is 16.7. The van der Waals surface area contributed by atoms with E-state index in [-0.39, 0.29) is 11.9 Å². The molecule has 1 rings (SSSR count). The molecule has 0 saturated carbocycles. The molecule has 0 aliphatic carbocycles. The number of hydrogen-bond acceptors (Lipinski definition) is 3. The molecule has 1 aliphatic heterocycles. The lowest BCUT2D eigenvalue weighted by Gasteiger charge is -2.01. The van der Waals surface area contributed by atoms with E-state index in [1.807, 2.05) is 0 Å². The summed E-state index contributed by atoms with van der Waals surface area (Å²) < 4.78 is 9.56. The van der Waals surface area contributed by atoms with Crippen LogP contribution in [0.1, 0.15) is 6.92 Å². The number of carbonyl (C=O) groups is 1. The number of hydrogen-bond donors (Lipinski definition) is 0. The van der Waals surface area contributed by atoms with Gasteiger partial charge in [-0.25, -0.2) is 0 Å². The van der Waals surface area contributed by atoms with Crippen molar-refractivity contribution in [3.63, 3.8) is 0 Å². The van der Waals surface area contributed by atoms with Crippen molar-refractivity contribution in [3.05, 3.63) is 36.5 Å². The summed E-state index contributed by atoms with van der Waals surface area (Å²) in [5.74, 6) is -0.192. The third-order valence-corrected chi connectivity index (χ3v) is 0.962. The van der Waals surface area contributed by atoms with Crippen molar-refractivity contribution in [1.29, 1.82) is 0 Å². The number of rotatable bonds is 1. The van der Waals surface area contributed by atoms with E-state index in [2.05, 4.69) is 4.74 Å². The van der Waals surface area contributed by atoms with E-state index in [4.69, 9.17) is 4.74 Å². The topological polar surface area (TPSA) is 35.5 Å². The fraction of sp³-hybridized carbons (Fsp3) is 0.125. The Labute approximate surface area is 64.6 Å². The van der Waals surface area contributed by atoms with Crippen LogP contribution in [-0.4, -0.2) is 5.97 Å². The van der Waals surface area contributed by atoms with Crippen molar-refractivity contribution in [1.82, 2.24) is 0 Å². The third-order valence-electron chi connectivity index (χ3n) is 0.962. The van der Waals surface area contributed by atoms with E-state index in [0.29, 0.717) is 0 Å². The molecule has 0 atom stereocenters. The molecule has 3 heteroatoms. The lowest BCUT2D eigenvalue weighted by Crippen LogP contribution is -1.99. The summed E-state index contributed by atoms with van der Waals surface area (Å²) in [5, 5.41) is 0. The van der Waals surface area contributed by atoms with Gasteiger partial charge in [0.05, 0.1) is 6.26 Å². The minimum absolute atomic E-state index is 0.197. The van der Waals surface area contributed by atoms with E-state index < -0.39 is 0 Å².